The first-order valence-electron chi connectivity index (χ1n) is 5.37. The summed E-state index contributed by atoms with van der Waals surface area (Å²) in [6.45, 7) is 0. The summed E-state index contributed by atoms with van der Waals surface area (Å²) in [5.41, 5.74) is -0.676. The van der Waals surface area contributed by atoms with Crippen LogP contribution in [0, 0.1) is 15.9 Å². The fourth-order valence-electron chi connectivity index (χ4n) is 1.62. The fraction of sp³-hybridized carbons (Fsp3) is 0.167. The standard InChI is InChI=1S/C12H7Br2FNO4/c13-12(14)6-5-8(17)10(16(18)19)11(12)20-9-4-2-1-3-7(9)15/h1-6,8H. The number of halogens is 3. The molecule has 0 spiro atoms. The van der Waals surface area contributed by atoms with Crippen LogP contribution < -0.4 is 4.74 Å². The molecule has 105 valence electrons. The molecule has 1 aliphatic carbocycles. The number of allylic oxidation sites excluding steroid dienone is 1. The van der Waals surface area contributed by atoms with E-state index in [1.165, 1.54) is 24.3 Å². The molecular weight excluding hydrogens is 401 g/mol. The predicted molar refractivity (Wildman–Crippen MR) is 75.2 cm³/mol. The van der Waals surface area contributed by atoms with Gasteiger partial charge < -0.3 is 4.74 Å². The van der Waals surface area contributed by atoms with Crippen molar-refractivity contribution in [2.75, 3.05) is 0 Å². The van der Waals surface area contributed by atoms with Gasteiger partial charge in [0.2, 0.25) is 11.9 Å². The minimum absolute atomic E-state index is 0.201. The molecular formula is C12H7Br2FNO4. The van der Waals surface area contributed by atoms with Crippen molar-refractivity contribution in [2.45, 2.75) is 9.34 Å². The second kappa shape index (κ2) is 5.63. The van der Waals surface area contributed by atoms with Crippen molar-refractivity contribution in [1.29, 1.82) is 0 Å². The molecule has 20 heavy (non-hydrogen) atoms. The molecule has 5 nitrogen and oxygen atoms in total. The van der Waals surface area contributed by atoms with Crippen molar-refractivity contribution in [1.82, 2.24) is 0 Å². The third-order valence-electron chi connectivity index (χ3n) is 2.53. The molecule has 0 saturated carbocycles. The van der Waals surface area contributed by atoms with Crippen molar-refractivity contribution >= 4 is 31.9 Å². The van der Waals surface area contributed by atoms with Gasteiger partial charge >= 0.3 is 5.70 Å². The minimum Gasteiger partial charge on any atom is -0.449 e. The second-order valence-corrected chi connectivity index (χ2v) is 7.47. The molecule has 0 N–H and O–H groups in total. The molecule has 0 aliphatic heterocycles. The highest BCUT2D eigenvalue weighted by Crippen LogP contribution is 2.43. The van der Waals surface area contributed by atoms with Crippen molar-refractivity contribution in [3.8, 4) is 5.75 Å². The smallest absolute Gasteiger partial charge is 0.322 e. The Morgan fingerprint density at radius 1 is 1.35 bits per heavy atom. The number of hydrogen-bond acceptors (Lipinski definition) is 3. The maximum Gasteiger partial charge on any atom is 0.322 e. The van der Waals surface area contributed by atoms with Crippen molar-refractivity contribution in [3.05, 3.63) is 63.8 Å². The van der Waals surface area contributed by atoms with Gasteiger partial charge in [0.15, 0.2) is 14.8 Å². The first kappa shape index (κ1) is 15.1. The van der Waals surface area contributed by atoms with Crippen LogP contribution in [-0.2, 0) is 5.11 Å². The van der Waals surface area contributed by atoms with E-state index < -0.39 is 25.8 Å². The van der Waals surface area contributed by atoms with Crippen LogP contribution in [0.25, 0.3) is 0 Å². The lowest BCUT2D eigenvalue weighted by atomic mass is 10.1. The van der Waals surface area contributed by atoms with Crippen molar-refractivity contribution in [2.24, 2.45) is 0 Å². The lowest BCUT2D eigenvalue weighted by Crippen LogP contribution is -2.30. The van der Waals surface area contributed by atoms with E-state index in [0.29, 0.717) is 0 Å². The van der Waals surface area contributed by atoms with Crippen LogP contribution in [0.15, 0.2) is 47.9 Å². The molecule has 1 aliphatic rings. The zero-order valence-electron chi connectivity index (χ0n) is 9.76. The molecule has 2 rings (SSSR count). The summed E-state index contributed by atoms with van der Waals surface area (Å²) in [7, 11) is 0. The number of nitro groups is 1. The molecule has 0 aromatic heterocycles. The minimum atomic E-state index is -1.69. The Labute approximate surface area is 130 Å². The normalized spacial score (nSPS) is 20.9. The lowest BCUT2D eigenvalue weighted by Gasteiger charge is -2.24. The zero-order chi connectivity index (χ0) is 14.9. The third-order valence-corrected chi connectivity index (χ3v) is 3.78. The Morgan fingerprint density at radius 3 is 2.60 bits per heavy atom. The van der Waals surface area contributed by atoms with E-state index in [2.05, 4.69) is 31.9 Å². The third kappa shape index (κ3) is 2.92. The summed E-state index contributed by atoms with van der Waals surface area (Å²) < 4.78 is 17.6. The van der Waals surface area contributed by atoms with Crippen LogP contribution in [0.3, 0.4) is 0 Å². The van der Waals surface area contributed by atoms with E-state index in [4.69, 9.17) is 4.74 Å². The number of alkyl halides is 2. The molecule has 8 heteroatoms. The number of rotatable bonds is 3. The number of nitrogens with zero attached hydrogens (tertiary/aromatic N) is 1. The van der Waals surface area contributed by atoms with Gasteiger partial charge in [-0.1, -0.05) is 50.1 Å². The average molecular weight is 408 g/mol. The zero-order valence-corrected chi connectivity index (χ0v) is 12.9. The van der Waals surface area contributed by atoms with Gasteiger partial charge in [0, 0.05) is 0 Å². The van der Waals surface area contributed by atoms with E-state index in [0.717, 1.165) is 12.1 Å². The van der Waals surface area contributed by atoms with Gasteiger partial charge in [-0.25, -0.2) is 9.50 Å². The molecule has 0 saturated heterocycles. The van der Waals surface area contributed by atoms with Gasteiger partial charge in [-0.05, 0) is 18.2 Å². The summed E-state index contributed by atoms with van der Waals surface area (Å²) in [4.78, 5) is 10.2. The van der Waals surface area contributed by atoms with Gasteiger partial charge in [0.05, 0.1) is 4.92 Å². The van der Waals surface area contributed by atoms with Crippen LogP contribution in [0.1, 0.15) is 0 Å². The molecule has 1 aromatic carbocycles. The van der Waals surface area contributed by atoms with Crippen LogP contribution in [0.4, 0.5) is 4.39 Å². The topological polar surface area (TPSA) is 72.3 Å². The molecule has 1 aromatic rings. The molecule has 1 radical (unpaired) electrons. The van der Waals surface area contributed by atoms with E-state index in [1.54, 1.807) is 0 Å². The van der Waals surface area contributed by atoms with E-state index >= 15 is 0 Å². The predicted octanol–water partition coefficient (Wildman–Crippen LogP) is 3.55. The van der Waals surface area contributed by atoms with Gasteiger partial charge in [-0.15, -0.1) is 0 Å². The van der Waals surface area contributed by atoms with Crippen LogP contribution in [0.2, 0.25) is 0 Å². The molecule has 0 heterocycles. The lowest BCUT2D eigenvalue weighted by molar-refractivity contribution is -0.438. The van der Waals surface area contributed by atoms with Crippen molar-refractivity contribution in [3.63, 3.8) is 0 Å². The summed E-state index contributed by atoms with van der Waals surface area (Å²) in [6, 6.07) is 5.44. The van der Waals surface area contributed by atoms with Crippen molar-refractivity contribution < 1.29 is 19.2 Å². The molecule has 1 unspecified atom stereocenters. The average Bonchev–Trinajstić information content (AvgIpc) is 2.36. The van der Waals surface area contributed by atoms with E-state index in [9.17, 15) is 19.6 Å². The monoisotopic (exact) mass is 406 g/mol. The Balaban J connectivity index is 2.51. The second-order valence-electron chi connectivity index (χ2n) is 3.91. The fourth-order valence-corrected chi connectivity index (χ4v) is 2.49. The first-order chi connectivity index (χ1) is 9.33. The number of benzene rings is 1. The SMILES string of the molecule is [O]C1C=CC(Br)(Br)C(Oc2ccccc2F)=C1[N+](=O)[O-]. The Morgan fingerprint density at radius 2 is 2.00 bits per heavy atom. The van der Waals surface area contributed by atoms with Crippen LogP contribution in [0.5, 0.6) is 5.75 Å². The summed E-state index contributed by atoms with van der Waals surface area (Å²) in [5, 5.41) is 22.7. The number of hydrogen-bond donors (Lipinski definition) is 0. The summed E-state index contributed by atoms with van der Waals surface area (Å²) >= 11 is 6.32. The Kier molecular flexibility index (Phi) is 4.26. The number of para-hydroxylation sites is 1. The Bertz CT molecular complexity index is 615. The molecule has 0 amide bonds. The highest BCUT2D eigenvalue weighted by molar-refractivity contribution is 9.25. The summed E-state index contributed by atoms with van der Waals surface area (Å²) in [5.74, 6) is -1.18. The van der Waals surface area contributed by atoms with Crippen LogP contribution in [-0.4, -0.2) is 14.3 Å². The Hall–Kier alpha value is -1.25. The molecule has 0 fully saturated rings. The van der Waals surface area contributed by atoms with Crippen LogP contribution >= 0.6 is 31.9 Å². The highest BCUT2D eigenvalue weighted by Gasteiger charge is 2.43. The quantitative estimate of drug-likeness (QED) is 0.333. The maximum atomic E-state index is 13.6. The van der Waals surface area contributed by atoms with Gasteiger partial charge in [0.25, 0.3) is 0 Å². The largest absolute Gasteiger partial charge is 0.449 e. The highest BCUT2D eigenvalue weighted by atomic mass is 79.9. The van der Waals surface area contributed by atoms with E-state index in [-0.39, 0.29) is 11.5 Å². The molecule has 1 atom stereocenters. The number of ether oxygens (including phenoxy) is 1. The van der Waals surface area contributed by atoms with Gasteiger partial charge in [0.1, 0.15) is 0 Å². The van der Waals surface area contributed by atoms with Gasteiger partial charge in [-0.2, -0.15) is 0 Å². The first-order valence-corrected chi connectivity index (χ1v) is 6.96. The maximum absolute atomic E-state index is 13.6. The summed E-state index contributed by atoms with van der Waals surface area (Å²) in [6.07, 6.45) is 0.805. The molecule has 0 bridgehead atoms. The van der Waals surface area contributed by atoms with Gasteiger partial charge in [-0.3, -0.25) is 10.1 Å². The van der Waals surface area contributed by atoms with E-state index in [1.807, 2.05) is 0 Å².